The summed E-state index contributed by atoms with van der Waals surface area (Å²) in [6.45, 7) is 0.491. The van der Waals surface area contributed by atoms with Gasteiger partial charge in [0, 0.05) is 12.3 Å². The van der Waals surface area contributed by atoms with Crippen LogP contribution in [-0.4, -0.2) is 44.2 Å². The zero-order valence-corrected chi connectivity index (χ0v) is 9.54. The minimum atomic E-state index is -2.25. The molecule has 0 unspecified atom stereocenters. The maximum atomic E-state index is 14.3. The van der Waals surface area contributed by atoms with Crippen LogP contribution >= 0.6 is 0 Å². The number of aromatic nitrogens is 2. The lowest BCUT2D eigenvalue weighted by Gasteiger charge is -2.24. The van der Waals surface area contributed by atoms with Crippen LogP contribution in [0.3, 0.4) is 0 Å². The SMILES string of the molecule is C[C@]1(F)[C@@H](n2ccc(=O)[nH]c2=O)O[C@H](CO)[C@@H]1O. The number of nitrogens with zero attached hydrogens (tertiary/aromatic N) is 1. The van der Waals surface area contributed by atoms with Gasteiger partial charge in [-0.15, -0.1) is 0 Å². The predicted octanol–water partition coefficient (Wildman–Crippen LogP) is -1.48. The van der Waals surface area contributed by atoms with E-state index in [0.29, 0.717) is 0 Å². The van der Waals surface area contributed by atoms with Crippen molar-refractivity contribution in [2.75, 3.05) is 6.61 Å². The fourth-order valence-corrected chi connectivity index (χ4v) is 1.97. The Morgan fingerprint density at radius 3 is 2.78 bits per heavy atom. The lowest BCUT2D eigenvalue weighted by molar-refractivity contribution is -0.0611. The van der Waals surface area contributed by atoms with E-state index in [0.717, 1.165) is 23.8 Å². The minimum absolute atomic E-state index is 0.574. The molecule has 8 heteroatoms. The van der Waals surface area contributed by atoms with Crippen LogP contribution in [0.15, 0.2) is 21.9 Å². The number of aliphatic hydroxyl groups excluding tert-OH is 2. The van der Waals surface area contributed by atoms with Crippen LogP contribution in [0.5, 0.6) is 0 Å². The first-order valence-electron chi connectivity index (χ1n) is 5.32. The number of aliphatic hydroxyl groups is 2. The summed E-state index contributed by atoms with van der Waals surface area (Å²) in [4.78, 5) is 24.4. The van der Waals surface area contributed by atoms with Gasteiger partial charge in [0.1, 0.15) is 12.2 Å². The molecule has 1 aromatic heterocycles. The van der Waals surface area contributed by atoms with Gasteiger partial charge >= 0.3 is 5.69 Å². The smallest absolute Gasteiger partial charge is 0.330 e. The van der Waals surface area contributed by atoms with Crippen molar-refractivity contribution in [3.8, 4) is 0 Å². The molecule has 7 nitrogen and oxygen atoms in total. The highest BCUT2D eigenvalue weighted by Gasteiger charge is 2.54. The zero-order chi connectivity index (χ0) is 13.5. The number of rotatable bonds is 2. The number of alkyl halides is 1. The summed E-state index contributed by atoms with van der Waals surface area (Å²) in [6.07, 6.45) is -3.01. The zero-order valence-electron chi connectivity index (χ0n) is 9.54. The molecule has 1 aliphatic rings. The average Bonchev–Trinajstić information content (AvgIpc) is 2.52. The first-order valence-corrected chi connectivity index (χ1v) is 5.32. The molecule has 0 amide bonds. The molecular formula is C10H13FN2O5. The van der Waals surface area contributed by atoms with Crippen LogP contribution in [0, 0.1) is 0 Å². The largest absolute Gasteiger partial charge is 0.394 e. The second-order valence-electron chi connectivity index (χ2n) is 4.32. The van der Waals surface area contributed by atoms with Gasteiger partial charge in [0.15, 0.2) is 11.9 Å². The van der Waals surface area contributed by atoms with Crippen LogP contribution in [0.25, 0.3) is 0 Å². The van der Waals surface area contributed by atoms with Gasteiger partial charge in [0.05, 0.1) is 6.61 Å². The second kappa shape index (κ2) is 4.30. The molecule has 0 saturated carbocycles. The molecule has 18 heavy (non-hydrogen) atoms. The van der Waals surface area contributed by atoms with Gasteiger partial charge in [-0.3, -0.25) is 14.3 Å². The maximum Gasteiger partial charge on any atom is 0.330 e. The van der Waals surface area contributed by atoms with Gasteiger partial charge in [0.2, 0.25) is 0 Å². The van der Waals surface area contributed by atoms with E-state index >= 15 is 0 Å². The molecule has 2 heterocycles. The van der Waals surface area contributed by atoms with Gasteiger partial charge in [-0.05, 0) is 6.92 Å². The van der Waals surface area contributed by atoms with E-state index in [4.69, 9.17) is 9.84 Å². The van der Waals surface area contributed by atoms with Crippen molar-refractivity contribution in [2.45, 2.75) is 31.0 Å². The van der Waals surface area contributed by atoms with Gasteiger partial charge in [-0.25, -0.2) is 9.18 Å². The van der Waals surface area contributed by atoms with Gasteiger partial charge in [-0.2, -0.15) is 0 Å². The van der Waals surface area contributed by atoms with Crippen LogP contribution < -0.4 is 11.2 Å². The molecule has 0 radical (unpaired) electrons. The fourth-order valence-electron chi connectivity index (χ4n) is 1.97. The molecular weight excluding hydrogens is 247 g/mol. The molecule has 1 aliphatic heterocycles. The second-order valence-corrected chi connectivity index (χ2v) is 4.32. The molecule has 1 aromatic rings. The van der Waals surface area contributed by atoms with Crippen molar-refractivity contribution in [3.05, 3.63) is 33.1 Å². The minimum Gasteiger partial charge on any atom is -0.394 e. The average molecular weight is 260 g/mol. The molecule has 100 valence electrons. The van der Waals surface area contributed by atoms with E-state index in [9.17, 15) is 19.1 Å². The Hall–Kier alpha value is -1.51. The first kappa shape index (κ1) is 12.9. The summed E-state index contributed by atoms with van der Waals surface area (Å²) >= 11 is 0. The Bertz CT molecular complexity index is 552. The Balaban J connectivity index is 2.45. The summed E-state index contributed by atoms with van der Waals surface area (Å²) in [6, 6.07) is 1.04. The lowest BCUT2D eigenvalue weighted by atomic mass is 9.98. The van der Waals surface area contributed by atoms with E-state index in [-0.39, 0.29) is 0 Å². The molecule has 2 rings (SSSR count). The Morgan fingerprint density at radius 1 is 1.61 bits per heavy atom. The van der Waals surface area contributed by atoms with Gasteiger partial charge in [-0.1, -0.05) is 0 Å². The van der Waals surface area contributed by atoms with Crippen molar-refractivity contribution in [2.24, 2.45) is 0 Å². The van der Waals surface area contributed by atoms with Crippen molar-refractivity contribution in [1.29, 1.82) is 0 Å². The standard InChI is InChI=1S/C10H13FN2O5/c1-10(11)7(16)5(4-14)18-8(10)13-3-2-6(15)12-9(13)17/h2-3,5,7-8,14,16H,4H2,1H3,(H,12,15,17)/t5-,7+,8+,10-/m1/s1. The molecule has 4 atom stereocenters. The number of hydrogen-bond donors (Lipinski definition) is 3. The van der Waals surface area contributed by atoms with Crippen LogP contribution in [0.4, 0.5) is 4.39 Å². The number of H-pyrrole nitrogens is 1. The normalized spacial score (nSPS) is 35.9. The number of halogens is 1. The quantitative estimate of drug-likeness (QED) is 0.601. The summed E-state index contributed by atoms with van der Waals surface area (Å²) in [5.74, 6) is 0. The Labute approximate surface area is 100 Å². The highest BCUT2D eigenvalue weighted by molar-refractivity contribution is 5.01. The number of ether oxygens (including phenoxy) is 1. The third kappa shape index (κ3) is 1.88. The number of nitrogens with one attached hydrogen (secondary N) is 1. The monoisotopic (exact) mass is 260 g/mol. The van der Waals surface area contributed by atoms with Crippen molar-refractivity contribution >= 4 is 0 Å². The van der Waals surface area contributed by atoms with E-state index in [1.54, 1.807) is 0 Å². The topological polar surface area (TPSA) is 105 Å². The van der Waals surface area contributed by atoms with E-state index in [2.05, 4.69) is 0 Å². The molecule has 0 bridgehead atoms. The third-order valence-electron chi connectivity index (χ3n) is 3.00. The summed E-state index contributed by atoms with van der Waals surface area (Å²) in [5, 5.41) is 18.6. The fraction of sp³-hybridized carbons (Fsp3) is 0.600. The van der Waals surface area contributed by atoms with Crippen LogP contribution in [0.1, 0.15) is 13.2 Å². The summed E-state index contributed by atoms with van der Waals surface area (Å²) in [7, 11) is 0. The Morgan fingerprint density at radius 2 is 2.28 bits per heavy atom. The van der Waals surface area contributed by atoms with Crippen molar-refractivity contribution < 1.29 is 19.3 Å². The van der Waals surface area contributed by atoms with Crippen molar-refractivity contribution in [1.82, 2.24) is 9.55 Å². The molecule has 3 N–H and O–H groups in total. The number of hydrogen-bond acceptors (Lipinski definition) is 5. The molecule has 0 spiro atoms. The highest BCUT2D eigenvalue weighted by Crippen LogP contribution is 2.40. The molecule has 1 saturated heterocycles. The van der Waals surface area contributed by atoms with E-state index in [1.807, 2.05) is 4.98 Å². The summed E-state index contributed by atoms with van der Waals surface area (Å²) in [5.41, 5.74) is -3.72. The maximum absolute atomic E-state index is 14.3. The summed E-state index contributed by atoms with van der Waals surface area (Å²) < 4.78 is 20.3. The third-order valence-corrected chi connectivity index (χ3v) is 3.00. The number of aromatic amines is 1. The lowest BCUT2D eigenvalue weighted by Crippen LogP contribution is -2.43. The van der Waals surface area contributed by atoms with Gasteiger partial charge < -0.3 is 14.9 Å². The van der Waals surface area contributed by atoms with E-state index < -0.39 is 42.0 Å². The van der Waals surface area contributed by atoms with Crippen LogP contribution in [-0.2, 0) is 4.74 Å². The first-order chi connectivity index (χ1) is 8.37. The highest BCUT2D eigenvalue weighted by atomic mass is 19.1. The molecule has 0 aromatic carbocycles. The Kier molecular flexibility index (Phi) is 3.09. The molecule has 1 fully saturated rings. The van der Waals surface area contributed by atoms with E-state index in [1.165, 1.54) is 0 Å². The van der Waals surface area contributed by atoms with Gasteiger partial charge in [0.25, 0.3) is 5.56 Å². The van der Waals surface area contributed by atoms with Crippen molar-refractivity contribution in [3.63, 3.8) is 0 Å². The molecule has 0 aliphatic carbocycles. The van der Waals surface area contributed by atoms with Crippen LogP contribution in [0.2, 0.25) is 0 Å². The predicted molar refractivity (Wildman–Crippen MR) is 57.8 cm³/mol.